The predicted molar refractivity (Wildman–Crippen MR) is 94.3 cm³/mol. The topological polar surface area (TPSA) is 87.0 Å². The molecule has 1 heterocycles. The lowest BCUT2D eigenvalue weighted by Crippen LogP contribution is -2.24. The fourth-order valence-electron chi connectivity index (χ4n) is 2.44. The quantitative estimate of drug-likeness (QED) is 0.519. The second kappa shape index (κ2) is 7.26. The molecule has 7 nitrogen and oxygen atoms in total. The predicted octanol–water partition coefficient (Wildman–Crippen LogP) is 2.71. The Morgan fingerprint density at radius 2 is 1.69 bits per heavy atom. The molecule has 3 aromatic rings. The van der Waals surface area contributed by atoms with E-state index in [0.29, 0.717) is 16.8 Å². The molecule has 7 heteroatoms. The van der Waals surface area contributed by atoms with E-state index in [9.17, 15) is 9.59 Å². The second-order valence-electron chi connectivity index (χ2n) is 6.01. The highest BCUT2D eigenvalue weighted by Crippen LogP contribution is 2.15. The third kappa shape index (κ3) is 3.66. The number of nitrogens with zero attached hydrogens (tertiary/aromatic N) is 4. The van der Waals surface area contributed by atoms with Crippen LogP contribution in [0.5, 0.6) is 0 Å². The molecule has 1 aromatic heterocycles. The molecule has 0 bridgehead atoms. The number of rotatable bonds is 5. The van der Waals surface area contributed by atoms with Crippen LogP contribution in [0, 0.1) is 13.8 Å². The van der Waals surface area contributed by atoms with Crippen molar-refractivity contribution in [2.45, 2.75) is 26.9 Å². The van der Waals surface area contributed by atoms with Crippen LogP contribution in [-0.4, -0.2) is 38.1 Å². The van der Waals surface area contributed by atoms with Crippen molar-refractivity contribution in [1.82, 2.24) is 20.2 Å². The standard InChI is InChI=1S/C19H18N4O3/c1-12-4-5-16(10-13(12)2)18(24)14(3)26-19(25)15-6-8-17(9-7-15)23-11-20-21-22-23/h4-11,14H,1-3H3/t14-/m1/s1. The zero-order chi connectivity index (χ0) is 18.7. The van der Waals surface area contributed by atoms with E-state index >= 15 is 0 Å². The van der Waals surface area contributed by atoms with E-state index in [2.05, 4.69) is 15.5 Å². The number of esters is 1. The number of ether oxygens (including phenoxy) is 1. The zero-order valence-corrected chi connectivity index (χ0v) is 14.7. The largest absolute Gasteiger partial charge is 0.451 e. The van der Waals surface area contributed by atoms with Crippen LogP contribution in [0.15, 0.2) is 48.8 Å². The van der Waals surface area contributed by atoms with Gasteiger partial charge < -0.3 is 4.74 Å². The Hall–Kier alpha value is -3.35. The molecule has 0 N–H and O–H groups in total. The molecule has 0 fully saturated rings. The maximum Gasteiger partial charge on any atom is 0.338 e. The van der Waals surface area contributed by atoms with E-state index in [-0.39, 0.29) is 5.78 Å². The summed E-state index contributed by atoms with van der Waals surface area (Å²) in [5.74, 6) is -0.787. The SMILES string of the molecule is Cc1ccc(C(=O)[C@@H](C)OC(=O)c2ccc(-n3cnnn3)cc2)cc1C. The molecular formula is C19H18N4O3. The summed E-state index contributed by atoms with van der Waals surface area (Å²) in [7, 11) is 0. The smallest absolute Gasteiger partial charge is 0.338 e. The number of carbonyl (C=O) groups excluding carboxylic acids is 2. The molecule has 132 valence electrons. The number of carbonyl (C=O) groups is 2. The maximum atomic E-state index is 12.5. The lowest BCUT2D eigenvalue weighted by atomic mass is 10.0. The van der Waals surface area contributed by atoms with Gasteiger partial charge in [-0.1, -0.05) is 12.1 Å². The van der Waals surface area contributed by atoms with Crippen LogP contribution in [0.4, 0.5) is 0 Å². The van der Waals surface area contributed by atoms with Crippen molar-refractivity contribution >= 4 is 11.8 Å². The van der Waals surface area contributed by atoms with Gasteiger partial charge in [0.1, 0.15) is 6.33 Å². The molecule has 3 rings (SSSR count). The van der Waals surface area contributed by atoms with E-state index in [1.165, 1.54) is 11.0 Å². The highest BCUT2D eigenvalue weighted by Gasteiger charge is 2.20. The first-order chi connectivity index (χ1) is 12.5. The first-order valence-corrected chi connectivity index (χ1v) is 8.11. The van der Waals surface area contributed by atoms with Gasteiger partial charge in [0.15, 0.2) is 6.10 Å². The fraction of sp³-hybridized carbons (Fsp3) is 0.211. The van der Waals surface area contributed by atoms with Crippen molar-refractivity contribution in [1.29, 1.82) is 0 Å². The molecule has 2 aromatic carbocycles. The van der Waals surface area contributed by atoms with Crippen molar-refractivity contribution in [2.75, 3.05) is 0 Å². The summed E-state index contributed by atoms with van der Waals surface area (Å²) in [6, 6.07) is 12.0. The van der Waals surface area contributed by atoms with Gasteiger partial charge in [-0.2, -0.15) is 0 Å². The lowest BCUT2D eigenvalue weighted by molar-refractivity contribution is 0.0319. The van der Waals surface area contributed by atoms with Gasteiger partial charge in [-0.25, -0.2) is 9.48 Å². The lowest BCUT2D eigenvalue weighted by Gasteiger charge is -2.13. The van der Waals surface area contributed by atoms with Crippen LogP contribution in [0.3, 0.4) is 0 Å². The number of Topliss-reactive ketones (excluding diaryl/α,β-unsaturated/α-hetero) is 1. The third-order valence-electron chi connectivity index (χ3n) is 4.16. The Labute approximate surface area is 150 Å². The number of hydrogen-bond acceptors (Lipinski definition) is 6. The number of aromatic nitrogens is 4. The number of hydrogen-bond donors (Lipinski definition) is 0. The van der Waals surface area contributed by atoms with E-state index in [1.807, 2.05) is 26.0 Å². The molecule has 1 atom stereocenters. The Bertz CT molecular complexity index is 934. The number of benzene rings is 2. The van der Waals surface area contributed by atoms with Crippen LogP contribution >= 0.6 is 0 Å². The fourth-order valence-corrected chi connectivity index (χ4v) is 2.44. The summed E-state index contributed by atoms with van der Waals surface area (Å²) in [6.07, 6.45) is 0.585. The van der Waals surface area contributed by atoms with Gasteiger partial charge in [-0.3, -0.25) is 4.79 Å². The highest BCUT2D eigenvalue weighted by atomic mass is 16.5. The van der Waals surface area contributed by atoms with Gasteiger partial charge in [0.05, 0.1) is 11.3 Å². The van der Waals surface area contributed by atoms with Gasteiger partial charge in [-0.05, 0) is 72.7 Å². The summed E-state index contributed by atoms with van der Waals surface area (Å²) in [5, 5.41) is 10.9. The summed E-state index contributed by atoms with van der Waals surface area (Å²) < 4.78 is 6.79. The van der Waals surface area contributed by atoms with Crippen molar-refractivity contribution in [2.24, 2.45) is 0 Å². The van der Waals surface area contributed by atoms with E-state index in [0.717, 1.165) is 11.1 Å². The summed E-state index contributed by atoms with van der Waals surface area (Å²) in [6.45, 7) is 5.49. The molecule has 0 aliphatic heterocycles. The van der Waals surface area contributed by atoms with Gasteiger partial charge in [-0.15, -0.1) is 5.10 Å². The van der Waals surface area contributed by atoms with E-state index in [1.54, 1.807) is 37.3 Å². The molecule has 0 aliphatic carbocycles. The average molecular weight is 350 g/mol. The molecule has 0 unspecified atom stereocenters. The number of aryl methyl sites for hydroxylation is 2. The first-order valence-electron chi connectivity index (χ1n) is 8.11. The van der Waals surface area contributed by atoms with Crippen molar-refractivity contribution in [3.05, 3.63) is 71.0 Å². The zero-order valence-electron chi connectivity index (χ0n) is 14.7. The minimum atomic E-state index is -0.871. The van der Waals surface area contributed by atoms with Gasteiger partial charge in [0, 0.05) is 5.56 Å². The Morgan fingerprint density at radius 3 is 2.31 bits per heavy atom. The normalized spacial score (nSPS) is 11.8. The van der Waals surface area contributed by atoms with Gasteiger partial charge >= 0.3 is 5.97 Å². The minimum Gasteiger partial charge on any atom is -0.451 e. The van der Waals surface area contributed by atoms with Crippen LogP contribution in [0.25, 0.3) is 5.69 Å². The van der Waals surface area contributed by atoms with Crippen LogP contribution < -0.4 is 0 Å². The molecular weight excluding hydrogens is 332 g/mol. The highest BCUT2D eigenvalue weighted by molar-refractivity contribution is 6.01. The van der Waals surface area contributed by atoms with Gasteiger partial charge in [0.25, 0.3) is 0 Å². The van der Waals surface area contributed by atoms with E-state index in [4.69, 9.17) is 4.74 Å². The maximum absolute atomic E-state index is 12.5. The molecule has 0 aliphatic rings. The molecule has 0 amide bonds. The molecule has 0 radical (unpaired) electrons. The monoisotopic (exact) mass is 350 g/mol. The summed E-state index contributed by atoms with van der Waals surface area (Å²) in [5.41, 5.74) is 3.72. The third-order valence-corrected chi connectivity index (χ3v) is 4.16. The second-order valence-corrected chi connectivity index (χ2v) is 6.01. The molecule has 0 saturated carbocycles. The minimum absolute atomic E-state index is 0.230. The average Bonchev–Trinajstić information content (AvgIpc) is 3.18. The molecule has 0 spiro atoms. The van der Waals surface area contributed by atoms with Crippen molar-refractivity contribution in [3.63, 3.8) is 0 Å². The van der Waals surface area contributed by atoms with Crippen LogP contribution in [0.1, 0.15) is 38.8 Å². The molecule has 26 heavy (non-hydrogen) atoms. The van der Waals surface area contributed by atoms with Gasteiger partial charge in [0.2, 0.25) is 5.78 Å². The van der Waals surface area contributed by atoms with E-state index < -0.39 is 12.1 Å². The van der Waals surface area contributed by atoms with Crippen LogP contribution in [-0.2, 0) is 4.74 Å². The Morgan fingerprint density at radius 1 is 1.00 bits per heavy atom. The first kappa shape index (κ1) is 17.5. The number of ketones is 1. The molecule has 0 saturated heterocycles. The van der Waals surface area contributed by atoms with Crippen molar-refractivity contribution in [3.8, 4) is 5.69 Å². The Kier molecular flexibility index (Phi) is 4.88. The van der Waals surface area contributed by atoms with Crippen molar-refractivity contribution < 1.29 is 14.3 Å². The summed E-state index contributed by atoms with van der Waals surface area (Å²) >= 11 is 0. The van der Waals surface area contributed by atoms with Crippen LogP contribution in [0.2, 0.25) is 0 Å². The Balaban J connectivity index is 1.68. The number of tetrazole rings is 1. The summed E-state index contributed by atoms with van der Waals surface area (Å²) in [4.78, 5) is 24.8.